The number of carbonyl (C=O) groups excluding carboxylic acids is 2. The Labute approximate surface area is 208 Å². The van der Waals surface area contributed by atoms with Gasteiger partial charge in [-0.05, 0) is 56.7 Å². The van der Waals surface area contributed by atoms with E-state index in [4.69, 9.17) is 15.0 Å². The highest BCUT2D eigenvalue weighted by molar-refractivity contribution is 7.80. The number of aromatic amines is 1. The number of rotatable bonds is 12. The largest absolute Gasteiger partial charge is 0.429 e. The lowest BCUT2D eigenvalue weighted by molar-refractivity contribution is -0.124. The number of aromatic nitrogens is 2. The van der Waals surface area contributed by atoms with Crippen LogP contribution in [0, 0.1) is 5.92 Å². The van der Waals surface area contributed by atoms with Gasteiger partial charge in [0.1, 0.15) is 11.9 Å². The monoisotopic (exact) mass is 508 g/mol. The first-order valence-corrected chi connectivity index (χ1v) is 12.6. The van der Waals surface area contributed by atoms with Crippen molar-refractivity contribution >= 4 is 29.0 Å². The highest BCUT2D eigenvalue weighted by Crippen LogP contribution is 2.19. The molecule has 1 aromatic carbocycles. The predicted octanol–water partition coefficient (Wildman–Crippen LogP) is 2.76. The molecule has 0 fully saturated rings. The highest BCUT2D eigenvalue weighted by atomic mass is 32.2. The number of hydrogen-bond acceptors (Lipinski definition) is 6. The summed E-state index contributed by atoms with van der Waals surface area (Å²) in [5.41, 5.74) is 6.86. The van der Waals surface area contributed by atoms with Crippen molar-refractivity contribution in [3.63, 3.8) is 0 Å². The van der Waals surface area contributed by atoms with E-state index in [1.807, 2.05) is 20.8 Å². The molecule has 3 atom stereocenters. The zero-order chi connectivity index (χ0) is 26.2. The zero-order valence-corrected chi connectivity index (χ0v) is 21.6. The van der Waals surface area contributed by atoms with Gasteiger partial charge in [0.2, 0.25) is 5.91 Å². The number of amides is 2. The smallest absolute Gasteiger partial charge is 0.409 e. The molecule has 1 heterocycles. The summed E-state index contributed by atoms with van der Waals surface area (Å²) in [5, 5.41) is 5.62. The van der Waals surface area contributed by atoms with E-state index in [1.54, 1.807) is 44.3 Å². The number of H-pyrrole nitrogens is 1. The van der Waals surface area contributed by atoms with E-state index in [-0.39, 0.29) is 11.8 Å². The minimum absolute atomic E-state index is 0.128. The lowest BCUT2D eigenvalue weighted by Crippen LogP contribution is -2.51. The van der Waals surface area contributed by atoms with Crippen LogP contribution in [0.3, 0.4) is 0 Å². The second kappa shape index (κ2) is 12.7. The number of aryl methyl sites for hydroxylation is 1. The fourth-order valence-electron chi connectivity index (χ4n) is 3.38. The summed E-state index contributed by atoms with van der Waals surface area (Å²) < 4.78 is 27.5. The number of anilines is 1. The molecule has 12 heteroatoms. The molecule has 0 bridgehead atoms. The molecule has 1 unspecified atom stereocenters. The normalized spacial score (nSPS) is 14.2. The molecule has 7 N–H and O–H groups in total. The average molecular weight is 509 g/mol. The van der Waals surface area contributed by atoms with Gasteiger partial charge >= 0.3 is 6.09 Å². The molecular formula is C23H36N6O5S. The van der Waals surface area contributed by atoms with Gasteiger partial charge in [-0.1, -0.05) is 32.9 Å². The number of ether oxygens (including phenoxy) is 1. The van der Waals surface area contributed by atoms with E-state index in [0.717, 1.165) is 17.7 Å². The van der Waals surface area contributed by atoms with Crippen LogP contribution in [-0.4, -0.2) is 42.5 Å². The summed E-state index contributed by atoms with van der Waals surface area (Å²) in [7, 11) is 0. The van der Waals surface area contributed by atoms with Crippen molar-refractivity contribution < 1.29 is 23.1 Å². The van der Waals surface area contributed by atoms with Crippen LogP contribution in [0.5, 0.6) is 0 Å². The Morgan fingerprint density at radius 1 is 1.23 bits per heavy atom. The molecule has 35 heavy (non-hydrogen) atoms. The Balaban J connectivity index is 2.23. The first kappa shape index (κ1) is 28.3. The van der Waals surface area contributed by atoms with E-state index >= 15 is 0 Å². The maximum atomic E-state index is 13.3. The molecule has 0 aliphatic rings. The summed E-state index contributed by atoms with van der Waals surface area (Å²) in [5.74, 6) is 0.338. The Bertz CT molecular complexity index is 1000. The molecule has 0 aliphatic heterocycles. The van der Waals surface area contributed by atoms with Crippen molar-refractivity contribution in [3.8, 4) is 0 Å². The van der Waals surface area contributed by atoms with Crippen LogP contribution in [-0.2, 0) is 33.6 Å². The molecule has 0 saturated heterocycles. The number of nitrogens with two attached hydrogens (primary N) is 1. The van der Waals surface area contributed by atoms with Crippen LogP contribution in [0.4, 0.5) is 10.5 Å². The SMILES string of the molecule is CCc1cnc([C@H](Cc2ccc(NS(=O)O)cc2)NC(=O)[C@H](CC(C)C)NC(=O)OC(C)(C)N)[nH]1. The fraction of sp³-hybridized carbons (Fsp3) is 0.522. The standard InChI is InChI=1S/C23H36N6O5S/c1-6-16-13-25-20(26-16)18(12-15-7-9-17(10-8-15)29-35(32)33)27-21(30)19(11-14(2)3)28-22(31)34-23(4,5)24/h7-10,13-14,18-19,29H,6,11-12,24H2,1-5H3,(H,25,26)(H,27,30)(H,28,31)(H,32,33)/t18-,19-/m0/s1. The summed E-state index contributed by atoms with van der Waals surface area (Å²) in [6, 6.07) is 5.60. The van der Waals surface area contributed by atoms with Crippen molar-refractivity contribution in [2.45, 2.75) is 71.7 Å². The molecule has 11 nitrogen and oxygen atoms in total. The van der Waals surface area contributed by atoms with Gasteiger partial charge in [-0.25, -0.2) is 14.0 Å². The van der Waals surface area contributed by atoms with Gasteiger partial charge < -0.3 is 20.4 Å². The molecule has 0 aliphatic carbocycles. The van der Waals surface area contributed by atoms with Crippen molar-refractivity contribution in [2.75, 3.05) is 4.72 Å². The van der Waals surface area contributed by atoms with E-state index in [9.17, 15) is 13.8 Å². The van der Waals surface area contributed by atoms with Crippen molar-refractivity contribution in [3.05, 3.63) is 47.5 Å². The van der Waals surface area contributed by atoms with Crippen molar-refractivity contribution in [2.24, 2.45) is 11.7 Å². The van der Waals surface area contributed by atoms with Gasteiger partial charge in [0.15, 0.2) is 5.72 Å². The molecule has 1 aromatic heterocycles. The molecule has 194 valence electrons. The van der Waals surface area contributed by atoms with Crippen molar-refractivity contribution in [1.82, 2.24) is 20.6 Å². The van der Waals surface area contributed by atoms with Gasteiger partial charge in [-0.2, -0.15) is 0 Å². The van der Waals surface area contributed by atoms with Crippen molar-refractivity contribution in [1.29, 1.82) is 0 Å². The summed E-state index contributed by atoms with van der Waals surface area (Å²) >= 11 is -2.17. The van der Waals surface area contributed by atoms with Crippen LogP contribution in [0.25, 0.3) is 0 Å². The Hall–Kier alpha value is -2.96. The Morgan fingerprint density at radius 2 is 1.89 bits per heavy atom. The number of alkyl carbamates (subject to hydrolysis) is 1. The minimum atomic E-state index is -2.17. The van der Waals surface area contributed by atoms with Gasteiger partial charge in [-0.15, -0.1) is 0 Å². The average Bonchev–Trinajstić information content (AvgIpc) is 3.21. The van der Waals surface area contributed by atoms with Crippen LogP contribution in [0.2, 0.25) is 0 Å². The topological polar surface area (TPSA) is 171 Å². The van der Waals surface area contributed by atoms with Gasteiger partial charge in [0, 0.05) is 17.6 Å². The van der Waals surface area contributed by atoms with Crippen LogP contribution >= 0.6 is 0 Å². The molecule has 2 aromatic rings. The Morgan fingerprint density at radius 3 is 2.40 bits per heavy atom. The van der Waals surface area contributed by atoms with E-state index in [2.05, 4.69) is 25.3 Å². The number of nitrogens with zero attached hydrogens (tertiary/aromatic N) is 1. The highest BCUT2D eigenvalue weighted by Gasteiger charge is 2.28. The van der Waals surface area contributed by atoms with E-state index in [0.29, 0.717) is 24.4 Å². The minimum Gasteiger partial charge on any atom is -0.429 e. The van der Waals surface area contributed by atoms with Crippen LogP contribution in [0.1, 0.15) is 64.2 Å². The van der Waals surface area contributed by atoms with Crippen LogP contribution in [0.15, 0.2) is 30.5 Å². The number of benzene rings is 1. The summed E-state index contributed by atoms with van der Waals surface area (Å²) in [6.07, 6.45) is 2.51. The van der Waals surface area contributed by atoms with Crippen LogP contribution < -0.4 is 21.1 Å². The molecular weight excluding hydrogens is 472 g/mol. The van der Waals surface area contributed by atoms with Gasteiger partial charge in [0.05, 0.1) is 6.04 Å². The second-order valence-corrected chi connectivity index (χ2v) is 9.98. The number of hydrogen-bond donors (Lipinski definition) is 6. The lowest BCUT2D eigenvalue weighted by atomic mass is 10.0. The lowest BCUT2D eigenvalue weighted by Gasteiger charge is -2.26. The second-order valence-electron chi connectivity index (χ2n) is 9.28. The first-order valence-electron chi connectivity index (χ1n) is 11.4. The van der Waals surface area contributed by atoms with Gasteiger partial charge in [-0.3, -0.25) is 19.8 Å². The first-order chi connectivity index (χ1) is 16.4. The summed E-state index contributed by atoms with van der Waals surface area (Å²) in [6.45, 7) is 8.98. The van der Waals surface area contributed by atoms with Gasteiger partial charge in [0.25, 0.3) is 11.3 Å². The maximum Gasteiger partial charge on any atom is 0.409 e. The third-order valence-corrected chi connectivity index (χ3v) is 5.36. The third-order valence-electron chi connectivity index (χ3n) is 4.95. The fourth-order valence-corrected chi connectivity index (χ4v) is 3.72. The molecule has 0 saturated carbocycles. The molecule has 0 spiro atoms. The van der Waals surface area contributed by atoms with E-state index in [1.165, 1.54) is 0 Å². The number of imidazole rings is 1. The Kier molecular flexibility index (Phi) is 10.2. The zero-order valence-electron chi connectivity index (χ0n) is 20.8. The predicted molar refractivity (Wildman–Crippen MR) is 135 cm³/mol. The molecule has 2 amide bonds. The van der Waals surface area contributed by atoms with E-state index < -0.39 is 35.2 Å². The molecule has 2 rings (SSSR count). The number of nitrogens with one attached hydrogen (secondary N) is 4. The third kappa shape index (κ3) is 10.0. The maximum absolute atomic E-state index is 13.3. The summed E-state index contributed by atoms with van der Waals surface area (Å²) in [4.78, 5) is 33.3. The molecule has 0 radical (unpaired) electrons. The number of carbonyl (C=O) groups is 2. The quantitative estimate of drug-likeness (QED) is 0.189.